The second kappa shape index (κ2) is 8.39. The van der Waals surface area contributed by atoms with Crippen molar-refractivity contribution in [2.45, 2.75) is 4.90 Å². The summed E-state index contributed by atoms with van der Waals surface area (Å²) in [6, 6.07) is 23.1. The Balaban J connectivity index is 1.59. The maximum atomic E-state index is 13.4. The minimum atomic E-state index is -4.79. The zero-order valence-corrected chi connectivity index (χ0v) is 18.9. The van der Waals surface area contributed by atoms with E-state index in [9.17, 15) is 22.6 Å². The van der Waals surface area contributed by atoms with E-state index in [1.807, 2.05) is 30.3 Å². The summed E-state index contributed by atoms with van der Waals surface area (Å²) in [4.78, 5) is 25.9. The van der Waals surface area contributed by atoms with Gasteiger partial charge in [0.05, 0.1) is 22.5 Å². The van der Waals surface area contributed by atoms with Gasteiger partial charge in [0, 0.05) is 16.8 Å². The van der Waals surface area contributed by atoms with Gasteiger partial charge in [0.1, 0.15) is 16.4 Å². The lowest BCUT2D eigenvalue weighted by molar-refractivity contribution is 0.0980. The number of hydrogen-bond donors (Lipinski definition) is 3. The number of fused-ring (bicyclic) bond motifs is 2. The largest absolute Gasteiger partial charge is 0.457 e. The van der Waals surface area contributed by atoms with E-state index in [0.717, 1.165) is 6.07 Å². The molecule has 0 radical (unpaired) electrons. The van der Waals surface area contributed by atoms with Crippen molar-refractivity contribution < 1.29 is 27.3 Å². The van der Waals surface area contributed by atoms with Crippen LogP contribution in [0.25, 0.3) is 0 Å². The fraction of sp³-hybridized carbons (Fsp3) is 0. The summed E-state index contributed by atoms with van der Waals surface area (Å²) in [7, 11) is -4.79. The van der Waals surface area contributed by atoms with Gasteiger partial charge in [0.25, 0.3) is 10.1 Å². The van der Waals surface area contributed by atoms with E-state index < -0.39 is 32.3 Å². The molecule has 4 aromatic rings. The lowest BCUT2D eigenvalue weighted by atomic mass is 9.82. The van der Waals surface area contributed by atoms with Crippen molar-refractivity contribution in [2.75, 3.05) is 11.1 Å². The Morgan fingerprint density at radius 2 is 1.29 bits per heavy atom. The number of rotatable bonds is 5. The summed E-state index contributed by atoms with van der Waals surface area (Å²) in [6.07, 6.45) is 0. The van der Waals surface area contributed by atoms with Crippen molar-refractivity contribution in [3.05, 3.63) is 107 Å². The fourth-order valence-corrected chi connectivity index (χ4v) is 4.64. The number of ether oxygens (including phenoxy) is 1. The Morgan fingerprint density at radius 1 is 0.743 bits per heavy atom. The standard InChI is InChI=1S/C26H18N2O6S/c27-24-21(35(31,32)33)14-20(22-23(24)26(30)19-9-5-4-8-18(19)25(22)29)28-15-10-12-17(13-11-15)34-16-6-2-1-3-7-16/h1-14,28H,27H2,(H,31,32,33). The van der Waals surface area contributed by atoms with Gasteiger partial charge in [-0.25, -0.2) is 0 Å². The van der Waals surface area contributed by atoms with Crippen LogP contribution < -0.4 is 15.8 Å². The molecule has 0 amide bonds. The molecule has 174 valence electrons. The summed E-state index contributed by atoms with van der Waals surface area (Å²) in [5.74, 6) is 0.115. The molecule has 35 heavy (non-hydrogen) atoms. The Labute approximate surface area is 200 Å². The van der Waals surface area contributed by atoms with Gasteiger partial charge in [-0.2, -0.15) is 8.42 Å². The van der Waals surface area contributed by atoms with Crippen molar-refractivity contribution >= 4 is 38.7 Å². The highest BCUT2D eigenvalue weighted by molar-refractivity contribution is 7.86. The van der Waals surface area contributed by atoms with Crippen LogP contribution in [-0.2, 0) is 10.1 Å². The van der Waals surface area contributed by atoms with Gasteiger partial charge in [-0.3, -0.25) is 14.1 Å². The van der Waals surface area contributed by atoms with Crippen LogP contribution in [0.5, 0.6) is 11.5 Å². The van der Waals surface area contributed by atoms with E-state index in [2.05, 4.69) is 5.32 Å². The lowest BCUT2D eigenvalue weighted by Crippen LogP contribution is -2.25. The van der Waals surface area contributed by atoms with Crippen LogP contribution >= 0.6 is 0 Å². The number of benzene rings is 4. The molecule has 1 aliphatic carbocycles. The summed E-state index contributed by atoms with van der Waals surface area (Å²) in [5.41, 5.74) is 5.98. The fourth-order valence-electron chi connectivity index (χ4n) is 3.99. The van der Waals surface area contributed by atoms with Crippen LogP contribution in [-0.4, -0.2) is 24.5 Å². The maximum absolute atomic E-state index is 13.4. The zero-order chi connectivity index (χ0) is 24.7. The molecule has 0 saturated carbocycles. The van der Waals surface area contributed by atoms with E-state index in [0.29, 0.717) is 17.2 Å². The molecule has 1 aliphatic rings. The van der Waals surface area contributed by atoms with Gasteiger partial charge >= 0.3 is 0 Å². The van der Waals surface area contributed by atoms with E-state index in [1.54, 1.807) is 36.4 Å². The average Bonchev–Trinajstić information content (AvgIpc) is 2.84. The molecule has 5 rings (SSSR count). The molecular weight excluding hydrogens is 468 g/mol. The topological polar surface area (TPSA) is 136 Å². The van der Waals surface area contributed by atoms with E-state index in [4.69, 9.17) is 10.5 Å². The second-order valence-corrected chi connectivity index (χ2v) is 9.22. The van der Waals surface area contributed by atoms with Gasteiger partial charge in [-0.05, 0) is 42.5 Å². The van der Waals surface area contributed by atoms with Crippen LogP contribution in [0, 0.1) is 0 Å². The predicted octanol–water partition coefficient (Wildman–Crippen LogP) is 4.83. The third-order valence-corrected chi connectivity index (χ3v) is 6.48. The highest BCUT2D eigenvalue weighted by Crippen LogP contribution is 2.40. The third kappa shape index (κ3) is 4.03. The Hall–Kier alpha value is -4.47. The quantitative estimate of drug-likeness (QED) is 0.237. The van der Waals surface area contributed by atoms with Crippen molar-refractivity contribution in [2.24, 2.45) is 0 Å². The van der Waals surface area contributed by atoms with Gasteiger partial charge < -0.3 is 15.8 Å². The minimum Gasteiger partial charge on any atom is -0.457 e. The van der Waals surface area contributed by atoms with E-state index in [1.165, 1.54) is 12.1 Å². The van der Waals surface area contributed by atoms with Crippen LogP contribution in [0.2, 0.25) is 0 Å². The number of para-hydroxylation sites is 1. The molecule has 0 bridgehead atoms. The predicted molar refractivity (Wildman–Crippen MR) is 130 cm³/mol. The maximum Gasteiger partial charge on any atom is 0.296 e. The number of nitrogens with one attached hydrogen (secondary N) is 1. The number of anilines is 3. The first-order chi connectivity index (χ1) is 16.7. The number of hydrogen-bond acceptors (Lipinski definition) is 7. The third-order valence-electron chi connectivity index (χ3n) is 5.59. The number of carbonyl (C=O) groups is 2. The van der Waals surface area contributed by atoms with E-state index >= 15 is 0 Å². The summed E-state index contributed by atoms with van der Waals surface area (Å²) < 4.78 is 39.6. The highest BCUT2D eigenvalue weighted by Gasteiger charge is 2.36. The first-order valence-electron chi connectivity index (χ1n) is 10.5. The van der Waals surface area contributed by atoms with Gasteiger partial charge in [0.2, 0.25) is 0 Å². The molecule has 0 unspecified atom stereocenters. The Morgan fingerprint density at radius 3 is 1.89 bits per heavy atom. The number of nitrogens with two attached hydrogens (primary N) is 1. The molecular formula is C26H18N2O6S. The first kappa shape index (κ1) is 22.3. The van der Waals surface area contributed by atoms with Gasteiger partial charge in [0.15, 0.2) is 11.6 Å². The van der Waals surface area contributed by atoms with Crippen LogP contribution in [0.15, 0.2) is 89.8 Å². The molecule has 0 aromatic heterocycles. The molecule has 0 spiro atoms. The lowest BCUT2D eigenvalue weighted by Gasteiger charge is -2.23. The molecule has 4 aromatic carbocycles. The summed E-state index contributed by atoms with van der Waals surface area (Å²) >= 11 is 0. The number of carbonyl (C=O) groups excluding carboxylic acids is 2. The van der Waals surface area contributed by atoms with Crippen molar-refractivity contribution in [1.82, 2.24) is 0 Å². The normalized spacial score (nSPS) is 12.6. The molecule has 0 heterocycles. The summed E-state index contributed by atoms with van der Waals surface area (Å²) in [5, 5.41) is 2.98. The molecule has 4 N–H and O–H groups in total. The SMILES string of the molecule is Nc1c(S(=O)(=O)O)cc(Nc2ccc(Oc3ccccc3)cc2)c2c1C(=O)c1ccccc1C2=O. The molecule has 0 aliphatic heterocycles. The smallest absolute Gasteiger partial charge is 0.296 e. The second-order valence-electron chi connectivity index (χ2n) is 7.83. The van der Waals surface area contributed by atoms with E-state index in [-0.39, 0.29) is 27.9 Å². The van der Waals surface area contributed by atoms with Crippen molar-refractivity contribution in [3.8, 4) is 11.5 Å². The Kier molecular flexibility index (Phi) is 5.35. The summed E-state index contributed by atoms with van der Waals surface area (Å²) in [6.45, 7) is 0. The van der Waals surface area contributed by atoms with Gasteiger partial charge in [-0.15, -0.1) is 0 Å². The van der Waals surface area contributed by atoms with Crippen LogP contribution in [0.1, 0.15) is 31.8 Å². The Bertz CT molecular complexity index is 1600. The van der Waals surface area contributed by atoms with Crippen molar-refractivity contribution in [1.29, 1.82) is 0 Å². The monoisotopic (exact) mass is 486 g/mol. The molecule has 0 fully saturated rings. The van der Waals surface area contributed by atoms with Crippen LogP contribution in [0.4, 0.5) is 17.1 Å². The highest BCUT2D eigenvalue weighted by atomic mass is 32.2. The zero-order valence-electron chi connectivity index (χ0n) is 18.1. The van der Waals surface area contributed by atoms with Crippen molar-refractivity contribution in [3.63, 3.8) is 0 Å². The average molecular weight is 487 g/mol. The number of nitrogen functional groups attached to an aromatic ring is 1. The minimum absolute atomic E-state index is 0.0198. The molecule has 0 atom stereocenters. The molecule has 9 heteroatoms. The van der Waals surface area contributed by atoms with Gasteiger partial charge in [-0.1, -0.05) is 42.5 Å². The van der Waals surface area contributed by atoms with Crippen LogP contribution in [0.3, 0.4) is 0 Å². The molecule has 8 nitrogen and oxygen atoms in total. The molecule has 0 saturated heterocycles. The number of ketones is 2. The first-order valence-corrected chi connectivity index (χ1v) is 11.9.